The van der Waals surface area contributed by atoms with Gasteiger partial charge in [-0.1, -0.05) is 127 Å². The van der Waals surface area contributed by atoms with Gasteiger partial charge in [-0.2, -0.15) is 0 Å². The van der Waals surface area contributed by atoms with Gasteiger partial charge in [0, 0.05) is 25.2 Å². The number of ether oxygens (including phenoxy) is 2. The average Bonchev–Trinajstić information content (AvgIpc) is 3.41. The number of carbonyl (C=O) groups excluding carboxylic acids is 2. The molecule has 0 unspecified atom stereocenters. The highest BCUT2D eigenvalue weighted by Crippen LogP contribution is 2.37. The SMILES string of the molecule is CCCCC/C=C\C/C=C\CCCCCCCCCC(=O)O[C@H](COC(=O)CCC/C=C/C[C@@H]1[C@@H](/C=C/[C@@H](O)CCCCC)[C@H](O)C[C@@H]1O)COP(=O)(O)O. The minimum Gasteiger partial charge on any atom is -0.462 e. The summed E-state index contributed by atoms with van der Waals surface area (Å²) in [6, 6.07) is 0. The number of rotatable bonds is 34. The van der Waals surface area contributed by atoms with Crippen LogP contribution in [0, 0.1) is 11.8 Å². The number of phosphoric acid groups is 1. The van der Waals surface area contributed by atoms with E-state index in [0.717, 1.165) is 57.8 Å². The molecule has 0 amide bonds. The van der Waals surface area contributed by atoms with Crippen molar-refractivity contribution < 1.29 is 53.3 Å². The van der Waals surface area contributed by atoms with Crippen molar-refractivity contribution in [3.05, 3.63) is 48.6 Å². The van der Waals surface area contributed by atoms with Crippen LogP contribution in [0.25, 0.3) is 0 Å². The number of aliphatic hydroxyl groups is 3. The molecular weight excluding hydrogens is 723 g/mol. The van der Waals surface area contributed by atoms with Crippen LogP contribution in [-0.2, 0) is 28.2 Å². The molecule has 12 heteroatoms. The van der Waals surface area contributed by atoms with Crippen molar-refractivity contribution in [1.29, 1.82) is 0 Å². The van der Waals surface area contributed by atoms with E-state index in [-0.39, 0.29) is 37.7 Å². The molecular formula is C43H75O11P. The summed E-state index contributed by atoms with van der Waals surface area (Å²) in [5.74, 6) is -1.49. The lowest BCUT2D eigenvalue weighted by atomic mass is 9.89. The van der Waals surface area contributed by atoms with Crippen molar-refractivity contribution >= 4 is 19.8 Å². The third kappa shape index (κ3) is 28.9. The minimum absolute atomic E-state index is 0.0873. The molecule has 5 N–H and O–H groups in total. The molecule has 1 fully saturated rings. The number of phosphoric ester groups is 1. The largest absolute Gasteiger partial charge is 0.469 e. The second-order valence-corrected chi connectivity index (χ2v) is 16.2. The van der Waals surface area contributed by atoms with Crippen LogP contribution in [0.5, 0.6) is 0 Å². The molecule has 1 rings (SSSR count). The Morgan fingerprint density at radius 1 is 0.709 bits per heavy atom. The first kappa shape index (κ1) is 50.9. The molecule has 11 nitrogen and oxygen atoms in total. The summed E-state index contributed by atoms with van der Waals surface area (Å²) in [6.07, 6.45) is 33.5. The smallest absolute Gasteiger partial charge is 0.462 e. The molecule has 0 aromatic heterocycles. The number of esters is 2. The van der Waals surface area contributed by atoms with E-state index in [1.165, 1.54) is 38.5 Å². The second kappa shape index (κ2) is 32.9. The van der Waals surface area contributed by atoms with Crippen LogP contribution in [0.2, 0.25) is 0 Å². The van der Waals surface area contributed by atoms with Crippen LogP contribution < -0.4 is 0 Å². The number of carbonyl (C=O) groups is 2. The highest BCUT2D eigenvalue weighted by atomic mass is 31.2. The van der Waals surface area contributed by atoms with Crippen molar-refractivity contribution in [1.82, 2.24) is 0 Å². The fraction of sp³-hybridized carbons (Fsp3) is 0.767. The Kier molecular flexibility index (Phi) is 30.5. The maximum Gasteiger partial charge on any atom is 0.469 e. The van der Waals surface area contributed by atoms with E-state index in [9.17, 15) is 29.5 Å². The zero-order valence-corrected chi connectivity index (χ0v) is 34.8. The monoisotopic (exact) mass is 799 g/mol. The first-order valence-electron chi connectivity index (χ1n) is 21.2. The van der Waals surface area contributed by atoms with Gasteiger partial charge in [-0.3, -0.25) is 14.1 Å². The number of unbranched alkanes of at least 4 members (excludes halogenated alkanes) is 13. The van der Waals surface area contributed by atoms with E-state index in [2.05, 4.69) is 42.7 Å². The molecule has 0 aromatic rings. The molecule has 0 aliphatic heterocycles. The van der Waals surface area contributed by atoms with Crippen LogP contribution in [-0.4, -0.2) is 74.7 Å². The van der Waals surface area contributed by atoms with Gasteiger partial charge in [-0.25, -0.2) is 4.57 Å². The second-order valence-electron chi connectivity index (χ2n) is 14.9. The van der Waals surface area contributed by atoms with Crippen molar-refractivity contribution in [2.75, 3.05) is 13.2 Å². The van der Waals surface area contributed by atoms with Gasteiger partial charge in [-0.05, 0) is 70.1 Å². The summed E-state index contributed by atoms with van der Waals surface area (Å²) in [7, 11) is -4.82. The Morgan fingerprint density at radius 2 is 1.29 bits per heavy atom. The first-order chi connectivity index (χ1) is 26.5. The Morgan fingerprint density at radius 3 is 1.96 bits per heavy atom. The topological polar surface area (TPSA) is 180 Å². The standard InChI is InChI=1S/C43H75O11P/c1-3-5-7-8-9-10-11-12-13-14-15-16-17-18-19-20-26-30-43(48)54-37(35-53-55(49,50)51)34-52-42(47)29-25-22-21-24-28-38-39(41(46)33-40(38)45)32-31-36(44)27-23-6-4-2/h9-10,12-13,21,24,31-32,36-41,44-46H,3-8,11,14-20,22-23,25-30,33-35H2,1-2H3,(H2,49,50,51)/b10-9-,13-12-,24-21+,32-31+/t36-,37+,38+,39+,40-,41+/m0/s1. The maximum absolute atomic E-state index is 12.4. The Labute approximate surface area is 331 Å². The Balaban J connectivity index is 2.29. The minimum atomic E-state index is -4.82. The summed E-state index contributed by atoms with van der Waals surface area (Å²) in [5.41, 5.74) is 0. The molecule has 1 aliphatic carbocycles. The molecule has 1 aliphatic rings. The van der Waals surface area contributed by atoms with Gasteiger partial charge in [0.25, 0.3) is 0 Å². The van der Waals surface area contributed by atoms with Crippen molar-refractivity contribution in [2.24, 2.45) is 11.8 Å². The van der Waals surface area contributed by atoms with Gasteiger partial charge in [0.05, 0.1) is 24.9 Å². The molecule has 0 aromatic carbocycles. The van der Waals surface area contributed by atoms with Gasteiger partial charge in [0.15, 0.2) is 6.10 Å². The van der Waals surface area contributed by atoms with Gasteiger partial charge in [-0.15, -0.1) is 0 Å². The molecule has 0 spiro atoms. The molecule has 55 heavy (non-hydrogen) atoms. The number of allylic oxidation sites excluding steroid dienone is 6. The quantitative estimate of drug-likeness (QED) is 0.0181. The summed E-state index contributed by atoms with van der Waals surface area (Å²) >= 11 is 0. The maximum atomic E-state index is 12.4. The molecule has 0 bridgehead atoms. The predicted molar refractivity (Wildman–Crippen MR) is 218 cm³/mol. The number of aliphatic hydroxyl groups excluding tert-OH is 3. The molecule has 6 atom stereocenters. The van der Waals surface area contributed by atoms with E-state index in [1.807, 2.05) is 18.2 Å². The van der Waals surface area contributed by atoms with Crippen molar-refractivity contribution in [3.8, 4) is 0 Å². The Hall–Kier alpha value is -2.11. The van der Waals surface area contributed by atoms with E-state index in [0.29, 0.717) is 32.1 Å². The molecule has 0 saturated heterocycles. The lowest BCUT2D eigenvalue weighted by Gasteiger charge is -2.19. The molecule has 0 heterocycles. The van der Waals surface area contributed by atoms with Gasteiger partial charge in [0.1, 0.15) is 6.61 Å². The predicted octanol–water partition coefficient (Wildman–Crippen LogP) is 9.12. The van der Waals surface area contributed by atoms with Crippen LogP contribution >= 0.6 is 7.82 Å². The highest BCUT2D eigenvalue weighted by molar-refractivity contribution is 7.46. The Bertz CT molecular complexity index is 1150. The first-order valence-corrected chi connectivity index (χ1v) is 22.7. The van der Waals surface area contributed by atoms with E-state index >= 15 is 0 Å². The van der Waals surface area contributed by atoms with Crippen LogP contribution in [0.1, 0.15) is 162 Å². The summed E-state index contributed by atoms with van der Waals surface area (Å²) < 4.78 is 26.4. The zero-order chi connectivity index (χ0) is 40.6. The van der Waals surface area contributed by atoms with Gasteiger partial charge >= 0.3 is 19.8 Å². The van der Waals surface area contributed by atoms with Crippen LogP contribution in [0.3, 0.4) is 0 Å². The number of hydrogen-bond donors (Lipinski definition) is 5. The lowest BCUT2D eigenvalue weighted by molar-refractivity contribution is -0.161. The zero-order valence-electron chi connectivity index (χ0n) is 33.9. The summed E-state index contributed by atoms with van der Waals surface area (Å²) in [4.78, 5) is 43.1. The normalized spacial score (nSPS) is 20.3. The summed E-state index contributed by atoms with van der Waals surface area (Å²) in [5, 5.41) is 31.2. The van der Waals surface area contributed by atoms with Crippen LogP contribution in [0.4, 0.5) is 0 Å². The highest BCUT2D eigenvalue weighted by Gasteiger charge is 2.39. The summed E-state index contributed by atoms with van der Waals surface area (Å²) in [6.45, 7) is 3.34. The average molecular weight is 799 g/mol. The number of hydrogen-bond acceptors (Lipinski definition) is 9. The van der Waals surface area contributed by atoms with Gasteiger partial charge < -0.3 is 34.6 Å². The third-order valence-corrected chi connectivity index (χ3v) is 10.4. The molecule has 0 radical (unpaired) electrons. The van der Waals surface area contributed by atoms with Crippen molar-refractivity contribution in [3.63, 3.8) is 0 Å². The van der Waals surface area contributed by atoms with Gasteiger partial charge in [0.2, 0.25) is 0 Å². The van der Waals surface area contributed by atoms with E-state index < -0.39 is 50.8 Å². The van der Waals surface area contributed by atoms with Crippen LogP contribution in [0.15, 0.2) is 48.6 Å². The molecule has 1 saturated carbocycles. The van der Waals surface area contributed by atoms with Crippen molar-refractivity contribution in [2.45, 2.75) is 186 Å². The van der Waals surface area contributed by atoms with E-state index in [4.69, 9.17) is 19.3 Å². The fourth-order valence-electron chi connectivity index (χ4n) is 6.63. The molecule has 318 valence electrons. The third-order valence-electron chi connectivity index (χ3n) is 9.89. The lowest BCUT2D eigenvalue weighted by Crippen LogP contribution is -2.29. The van der Waals surface area contributed by atoms with E-state index in [1.54, 1.807) is 6.08 Å². The fourth-order valence-corrected chi connectivity index (χ4v) is 6.99.